The fourth-order valence-electron chi connectivity index (χ4n) is 5.52. The quantitative estimate of drug-likeness (QED) is 0.327. The molecule has 10 heteroatoms. The number of hydrogen-bond acceptors (Lipinski definition) is 6. The van der Waals surface area contributed by atoms with E-state index in [0.717, 1.165) is 67.7 Å². The van der Waals surface area contributed by atoms with E-state index < -0.39 is 0 Å². The van der Waals surface area contributed by atoms with E-state index in [4.69, 9.17) is 4.98 Å². The van der Waals surface area contributed by atoms with Crippen LogP contribution in [0.15, 0.2) is 59.7 Å². The smallest absolute Gasteiger partial charge is 0.326 e. The molecule has 38 heavy (non-hydrogen) atoms. The van der Waals surface area contributed by atoms with Crippen molar-refractivity contribution in [3.8, 4) is 5.88 Å². The van der Waals surface area contributed by atoms with Gasteiger partial charge in [0.05, 0.1) is 17.6 Å². The van der Waals surface area contributed by atoms with Crippen LogP contribution in [0.5, 0.6) is 5.88 Å². The summed E-state index contributed by atoms with van der Waals surface area (Å²) in [6, 6.07) is 14.2. The first-order chi connectivity index (χ1) is 18.5. The first kappa shape index (κ1) is 24.3. The summed E-state index contributed by atoms with van der Waals surface area (Å²) in [6.07, 6.45) is 5.12. The van der Waals surface area contributed by atoms with Gasteiger partial charge in [-0.3, -0.25) is 4.57 Å². The Morgan fingerprint density at radius 1 is 1.00 bits per heavy atom. The van der Waals surface area contributed by atoms with Crippen molar-refractivity contribution in [1.82, 2.24) is 34.0 Å². The number of rotatable bonds is 8. The number of likely N-dealkylation sites (tertiary alicyclic amines) is 1. The topological polar surface area (TPSA) is 105 Å². The van der Waals surface area contributed by atoms with Crippen molar-refractivity contribution in [3.05, 3.63) is 82.5 Å². The molecule has 3 aromatic heterocycles. The van der Waals surface area contributed by atoms with Gasteiger partial charge in [0.2, 0.25) is 5.88 Å². The van der Waals surface area contributed by atoms with Crippen LogP contribution in [-0.2, 0) is 19.5 Å². The van der Waals surface area contributed by atoms with Gasteiger partial charge in [0.15, 0.2) is 11.2 Å². The van der Waals surface area contributed by atoms with Crippen LogP contribution in [0.1, 0.15) is 30.7 Å². The fraction of sp³-hybridized carbons (Fsp3) is 0.357. The molecule has 2 N–H and O–H groups in total. The van der Waals surface area contributed by atoms with Gasteiger partial charge in [-0.15, -0.1) is 0 Å². The van der Waals surface area contributed by atoms with Gasteiger partial charge in [-0.05, 0) is 74.6 Å². The van der Waals surface area contributed by atoms with E-state index in [0.29, 0.717) is 30.2 Å². The molecule has 5 aromatic rings. The Kier molecular flexibility index (Phi) is 6.63. The van der Waals surface area contributed by atoms with E-state index in [1.807, 2.05) is 33.4 Å². The second kappa shape index (κ2) is 10.4. The summed E-state index contributed by atoms with van der Waals surface area (Å²) >= 11 is 0. The Morgan fingerprint density at radius 3 is 2.61 bits per heavy atom. The Balaban J connectivity index is 1.09. The number of nitrogens with zero attached hydrogens (tertiary/aromatic N) is 6. The number of aromatic nitrogens is 6. The molecule has 0 spiro atoms. The first-order valence-corrected chi connectivity index (χ1v) is 13.1. The minimum Gasteiger partial charge on any atom is -0.492 e. The van der Waals surface area contributed by atoms with Gasteiger partial charge in [0.25, 0.3) is 0 Å². The third-order valence-electron chi connectivity index (χ3n) is 7.56. The molecule has 0 atom stereocenters. The van der Waals surface area contributed by atoms with Crippen molar-refractivity contribution < 1.29 is 9.50 Å². The molecule has 1 saturated heterocycles. The lowest BCUT2D eigenvalue weighted by Gasteiger charge is -2.32. The lowest BCUT2D eigenvalue weighted by atomic mass is 9.93. The van der Waals surface area contributed by atoms with Crippen molar-refractivity contribution in [2.45, 2.75) is 38.8 Å². The van der Waals surface area contributed by atoms with E-state index in [-0.39, 0.29) is 17.4 Å². The van der Waals surface area contributed by atoms with Crippen molar-refractivity contribution in [2.24, 2.45) is 5.92 Å². The summed E-state index contributed by atoms with van der Waals surface area (Å²) in [5.41, 5.74) is 3.70. The maximum Gasteiger partial charge on any atom is 0.326 e. The molecule has 0 amide bonds. The summed E-state index contributed by atoms with van der Waals surface area (Å²) in [5, 5.41) is 10.3. The SMILES string of the molecule is O=c1[nH]c2ccccc2n1CCCN1CCC(Cc2nc3c(O)ncnc3n2Cc2ccc(F)cc2)CC1. The van der Waals surface area contributed by atoms with Gasteiger partial charge in [-0.1, -0.05) is 24.3 Å². The van der Waals surface area contributed by atoms with Gasteiger partial charge in [0.1, 0.15) is 18.0 Å². The molecular formula is C28H30FN7O2. The van der Waals surface area contributed by atoms with Crippen LogP contribution in [-0.4, -0.2) is 58.7 Å². The van der Waals surface area contributed by atoms with Gasteiger partial charge >= 0.3 is 5.69 Å². The maximum absolute atomic E-state index is 13.4. The average molecular weight is 516 g/mol. The molecule has 6 rings (SSSR count). The van der Waals surface area contributed by atoms with Crippen molar-refractivity contribution in [1.29, 1.82) is 0 Å². The predicted octanol–water partition coefficient (Wildman–Crippen LogP) is 3.71. The van der Waals surface area contributed by atoms with Gasteiger partial charge in [-0.2, -0.15) is 4.98 Å². The zero-order valence-electron chi connectivity index (χ0n) is 21.1. The minimum atomic E-state index is -0.273. The Morgan fingerprint density at radius 2 is 1.79 bits per heavy atom. The zero-order chi connectivity index (χ0) is 26.1. The van der Waals surface area contributed by atoms with E-state index in [1.54, 1.807) is 12.1 Å². The highest BCUT2D eigenvalue weighted by atomic mass is 19.1. The number of halogens is 1. The second-order valence-electron chi connectivity index (χ2n) is 10.1. The number of aromatic hydroxyl groups is 1. The van der Waals surface area contributed by atoms with Crippen LogP contribution in [0.2, 0.25) is 0 Å². The lowest BCUT2D eigenvalue weighted by Crippen LogP contribution is -2.36. The fourth-order valence-corrected chi connectivity index (χ4v) is 5.52. The monoisotopic (exact) mass is 515 g/mol. The van der Waals surface area contributed by atoms with Gasteiger partial charge in [-0.25, -0.2) is 19.2 Å². The molecule has 0 unspecified atom stereocenters. The van der Waals surface area contributed by atoms with Crippen molar-refractivity contribution >= 4 is 22.2 Å². The lowest BCUT2D eigenvalue weighted by molar-refractivity contribution is 0.178. The first-order valence-electron chi connectivity index (χ1n) is 13.1. The predicted molar refractivity (Wildman–Crippen MR) is 143 cm³/mol. The molecule has 0 aliphatic carbocycles. The summed E-state index contributed by atoms with van der Waals surface area (Å²) in [7, 11) is 0. The average Bonchev–Trinajstić information content (AvgIpc) is 3.44. The van der Waals surface area contributed by atoms with Crippen LogP contribution in [0.3, 0.4) is 0 Å². The molecular weight excluding hydrogens is 485 g/mol. The zero-order valence-corrected chi connectivity index (χ0v) is 21.1. The highest BCUT2D eigenvalue weighted by Gasteiger charge is 2.23. The molecule has 1 aliphatic rings. The van der Waals surface area contributed by atoms with E-state index >= 15 is 0 Å². The molecule has 9 nitrogen and oxygen atoms in total. The van der Waals surface area contributed by atoms with Gasteiger partial charge in [0, 0.05) is 13.0 Å². The number of para-hydroxylation sites is 2. The number of H-pyrrole nitrogens is 1. The van der Waals surface area contributed by atoms with E-state index in [9.17, 15) is 14.3 Å². The number of hydrogen-bond donors (Lipinski definition) is 2. The third-order valence-corrected chi connectivity index (χ3v) is 7.56. The number of fused-ring (bicyclic) bond motifs is 2. The van der Waals surface area contributed by atoms with E-state index in [1.165, 1.54) is 18.5 Å². The Bertz CT molecular complexity index is 1610. The maximum atomic E-state index is 13.4. The molecule has 1 fully saturated rings. The highest BCUT2D eigenvalue weighted by molar-refractivity contribution is 5.76. The molecule has 1 aliphatic heterocycles. The third kappa shape index (κ3) is 4.91. The molecule has 2 aromatic carbocycles. The number of nitrogens with one attached hydrogen (secondary N) is 1. The van der Waals surface area contributed by atoms with Crippen LogP contribution < -0.4 is 5.69 Å². The van der Waals surface area contributed by atoms with Crippen molar-refractivity contribution in [3.63, 3.8) is 0 Å². The number of piperidine rings is 1. The van der Waals surface area contributed by atoms with Crippen LogP contribution in [0.25, 0.3) is 22.2 Å². The number of aryl methyl sites for hydroxylation is 1. The van der Waals surface area contributed by atoms with E-state index in [2.05, 4.69) is 19.9 Å². The largest absolute Gasteiger partial charge is 0.492 e. The van der Waals surface area contributed by atoms with Crippen LogP contribution in [0.4, 0.5) is 4.39 Å². The number of aromatic amines is 1. The molecule has 0 bridgehead atoms. The Hall–Kier alpha value is -4.05. The second-order valence-corrected chi connectivity index (χ2v) is 10.1. The standard InChI is InChI=1S/C28H30FN7O2/c29-21-8-6-20(7-9-21)17-36-24(33-25-26(36)30-18-31-27(25)37)16-19-10-14-34(15-11-19)12-3-13-35-23-5-2-1-4-22(23)32-28(35)38/h1-2,4-9,18-19H,3,10-17H2,(H,32,38)(H,30,31,37). The highest BCUT2D eigenvalue weighted by Crippen LogP contribution is 2.27. The molecule has 0 saturated carbocycles. The van der Waals surface area contributed by atoms with Crippen molar-refractivity contribution in [2.75, 3.05) is 19.6 Å². The summed E-state index contributed by atoms with van der Waals surface area (Å²) in [4.78, 5) is 30.7. The molecule has 4 heterocycles. The minimum absolute atomic E-state index is 0.0517. The number of benzene rings is 2. The summed E-state index contributed by atoms with van der Waals surface area (Å²) in [5.74, 6) is 0.918. The molecule has 0 radical (unpaired) electrons. The number of imidazole rings is 2. The Labute approximate surface area is 218 Å². The molecule has 196 valence electrons. The van der Waals surface area contributed by atoms with Crippen LogP contribution in [0, 0.1) is 11.7 Å². The normalized spacial score (nSPS) is 15.1. The van der Waals surface area contributed by atoms with Crippen LogP contribution >= 0.6 is 0 Å². The summed E-state index contributed by atoms with van der Waals surface area (Å²) < 4.78 is 17.3. The van der Waals surface area contributed by atoms with Gasteiger partial charge < -0.3 is 19.6 Å². The summed E-state index contributed by atoms with van der Waals surface area (Å²) in [6.45, 7) is 4.13.